The minimum absolute atomic E-state index is 0.121. The van der Waals surface area contributed by atoms with Crippen molar-refractivity contribution < 1.29 is 9.90 Å². The van der Waals surface area contributed by atoms with Gasteiger partial charge in [0.25, 0.3) is 0 Å². The molecule has 1 N–H and O–H groups in total. The molecular weight excluding hydrogens is 168 g/mol. The predicted octanol–water partition coefficient (Wildman–Crippen LogP) is 0.303. The lowest BCUT2D eigenvalue weighted by molar-refractivity contribution is -0.126. The molecule has 4 heteroatoms. The van der Waals surface area contributed by atoms with Gasteiger partial charge in [0.1, 0.15) is 6.10 Å². The van der Waals surface area contributed by atoms with Crippen LogP contribution in [-0.2, 0) is 18.3 Å². The number of carbonyl (C=O) groups excluding carboxylic acids is 1. The van der Waals surface area contributed by atoms with Gasteiger partial charge in [-0.1, -0.05) is 0 Å². The van der Waals surface area contributed by atoms with Gasteiger partial charge >= 0.3 is 0 Å². The minimum atomic E-state index is -0.850. The first-order valence-corrected chi connectivity index (χ1v) is 4.28. The van der Waals surface area contributed by atoms with Gasteiger partial charge in [-0.05, 0) is 18.9 Å². The summed E-state index contributed by atoms with van der Waals surface area (Å²) in [6, 6.07) is 0. The van der Waals surface area contributed by atoms with Crippen LogP contribution in [0.15, 0.2) is 12.4 Å². The molecular formula is C9H14N2O2. The van der Waals surface area contributed by atoms with Crippen LogP contribution in [-0.4, -0.2) is 26.8 Å². The summed E-state index contributed by atoms with van der Waals surface area (Å²) >= 11 is 0. The van der Waals surface area contributed by atoms with Crippen LogP contribution in [0.4, 0.5) is 0 Å². The first-order valence-electron chi connectivity index (χ1n) is 4.28. The number of Topliss-reactive ketones (excluding diaryl/α,β-unsaturated/α-hetero) is 1. The monoisotopic (exact) mass is 182 g/mol. The van der Waals surface area contributed by atoms with Gasteiger partial charge in [0.05, 0.1) is 6.20 Å². The number of aryl methyl sites for hydroxylation is 2. The number of aliphatic hydroxyl groups is 1. The van der Waals surface area contributed by atoms with E-state index in [2.05, 4.69) is 5.10 Å². The molecule has 0 radical (unpaired) electrons. The molecule has 0 aliphatic heterocycles. The molecule has 0 spiro atoms. The highest BCUT2D eigenvalue weighted by molar-refractivity contribution is 5.82. The van der Waals surface area contributed by atoms with E-state index in [0.29, 0.717) is 12.8 Å². The Bertz CT molecular complexity index is 292. The van der Waals surface area contributed by atoms with Crippen molar-refractivity contribution in [2.45, 2.75) is 25.9 Å². The number of aromatic nitrogens is 2. The average Bonchev–Trinajstić information content (AvgIpc) is 2.47. The van der Waals surface area contributed by atoms with Gasteiger partial charge in [-0.3, -0.25) is 9.48 Å². The molecule has 1 atom stereocenters. The zero-order chi connectivity index (χ0) is 9.84. The minimum Gasteiger partial charge on any atom is -0.386 e. The molecule has 72 valence electrons. The first-order chi connectivity index (χ1) is 6.09. The molecule has 0 aliphatic carbocycles. The van der Waals surface area contributed by atoms with Gasteiger partial charge in [0, 0.05) is 19.7 Å². The zero-order valence-electron chi connectivity index (χ0n) is 7.90. The van der Waals surface area contributed by atoms with Crippen molar-refractivity contribution in [2.75, 3.05) is 0 Å². The lowest BCUT2D eigenvalue weighted by Crippen LogP contribution is -2.16. The molecule has 13 heavy (non-hydrogen) atoms. The van der Waals surface area contributed by atoms with E-state index in [1.165, 1.54) is 6.92 Å². The van der Waals surface area contributed by atoms with Gasteiger partial charge in [0.2, 0.25) is 0 Å². The highest BCUT2D eigenvalue weighted by atomic mass is 16.3. The molecule has 1 aromatic heterocycles. The predicted molar refractivity (Wildman–Crippen MR) is 48.2 cm³/mol. The maximum atomic E-state index is 11.0. The quantitative estimate of drug-likeness (QED) is 0.728. The Morgan fingerprint density at radius 3 is 2.92 bits per heavy atom. The molecule has 0 saturated carbocycles. The maximum Gasteiger partial charge on any atom is 0.161 e. The lowest BCUT2D eigenvalue weighted by atomic mass is 10.1. The molecule has 0 aliphatic rings. The summed E-state index contributed by atoms with van der Waals surface area (Å²) in [5, 5.41) is 12.9. The van der Waals surface area contributed by atoms with Gasteiger partial charge < -0.3 is 5.11 Å². The van der Waals surface area contributed by atoms with Crippen molar-refractivity contribution in [1.29, 1.82) is 0 Å². The third-order valence-electron chi connectivity index (χ3n) is 1.88. The Labute approximate surface area is 77.2 Å². The van der Waals surface area contributed by atoms with Gasteiger partial charge in [0.15, 0.2) is 5.78 Å². The van der Waals surface area contributed by atoms with Crippen molar-refractivity contribution >= 4 is 5.78 Å². The Kier molecular flexibility index (Phi) is 3.19. The molecule has 1 rings (SSSR count). The van der Waals surface area contributed by atoms with Crippen LogP contribution in [0, 0.1) is 0 Å². The van der Waals surface area contributed by atoms with Crippen molar-refractivity contribution in [3.8, 4) is 0 Å². The fourth-order valence-electron chi connectivity index (χ4n) is 1.08. The van der Waals surface area contributed by atoms with E-state index < -0.39 is 6.10 Å². The highest BCUT2D eigenvalue weighted by Gasteiger charge is 2.08. The standard InChI is InChI=1S/C9H14N2O2/c1-7(12)9(13)4-3-8-5-10-11(2)6-8/h5-7,12H,3-4H2,1-2H3. The second-order valence-corrected chi connectivity index (χ2v) is 3.16. The van der Waals surface area contributed by atoms with Gasteiger partial charge in [-0.2, -0.15) is 5.10 Å². The number of nitrogens with zero attached hydrogens (tertiary/aromatic N) is 2. The second kappa shape index (κ2) is 4.18. The average molecular weight is 182 g/mol. The fraction of sp³-hybridized carbons (Fsp3) is 0.556. The summed E-state index contributed by atoms with van der Waals surface area (Å²) in [5.41, 5.74) is 1.02. The number of hydrogen-bond donors (Lipinski definition) is 1. The Balaban J connectivity index is 2.39. The van der Waals surface area contributed by atoms with E-state index >= 15 is 0 Å². The van der Waals surface area contributed by atoms with Crippen LogP contribution >= 0.6 is 0 Å². The third kappa shape index (κ3) is 2.99. The number of ketones is 1. The van der Waals surface area contributed by atoms with Crippen LogP contribution in [0.25, 0.3) is 0 Å². The first kappa shape index (κ1) is 9.92. The molecule has 0 aromatic carbocycles. The number of carbonyl (C=O) groups is 1. The largest absolute Gasteiger partial charge is 0.386 e. The van der Waals surface area contributed by atoms with E-state index in [9.17, 15) is 4.79 Å². The molecule has 1 aromatic rings. The Morgan fingerprint density at radius 1 is 1.77 bits per heavy atom. The van der Waals surface area contributed by atoms with E-state index in [0.717, 1.165) is 5.56 Å². The summed E-state index contributed by atoms with van der Waals surface area (Å²) in [4.78, 5) is 11.0. The summed E-state index contributed by atoms with van der Waals surface area (Å²) in [5.74, 6) is -0.121. The fourth-order valence-corrected chi connectivity index (χ4v) is 1.08. The van der Waals surface area contributed by atoms with Gasteiger partial charge in [-0.25, -0.2) is 0 Å². The zero-order valence-corrected chi connectivity index (χ0v) is 7.90. The van der Waals surface area contributed by atoms with Crippen LogP contribution < -0.4 is 0 Å². The number of hydrogen-bond acceptors (Lipinski definition) is 3. The molecule has 0 bridgehead atoms. The molecule has 1 unspecified atom stereocenters. The van der Waals surface area contributed by atoms with Crippen LogP contribution in [0.5, 0.6) is 0 Å². The lowest BCUT2D eigenvalue weighted by Gasteiger charge is -2.00. The number of aliphatic hydroxyl groups excluding tert-OH is 1. The summed E-state index contributed by atoms with van der Waals surface area (Å²) in [6.07, 6.45) is 3.78. The topological polar surface area (TPSA) is 55.1 Å². The Morgan fingerprint density at radius 2 is 2.46 bits per heavy atom. The van der Waals surface area contributed by atoms with E-state index in [4.69, 9.17) is 5.11 Å². The Hall–Kier alpha value is -1.16. The van der Waals surface area contributed by atoms with E-state index in [-0.39, 0.29) is 5.78 Å². The van der Waals surface area contributed by atoms with E-state index in [1.54, 1.807) is 10.9 Å². The maximum absolute atomic E-state index is 11.0. The second-order valence-electron chi connectivity index (χ2n) is 3.16. The van der Waals surface area contributed by atoms with Crippen molar-refractivity contribution in [1.82, 2.24) is 9.78 Å². The summed E-state index contributed by atoms with van der Waals surface area (Å²) < 4.78 is 1.70. The van der Waals surface area contributed by atoms with Crippen LogP contribution in [0.1, 0.15) is 18.9 Å². The molecule has 1 heterocycles. The smallest absolute Gasteiger partial charge is 0.161 e. The van der Waals surface area contributed by atoms with E-state index in [1.807, 2.05) is 13.2 Å². The van der Waals surface area contributed by atoms with Gasteiger partial charge in [-0.15, -0.1) is 0 Å². The van der Waals surface area contributed by atoms with Crippen molar-refractivity contribution in [3.05, 3.63) is 18.0 Å². The number of rotatable bonds is 4. The highest BCUT2D eigenvalue weighted by Crippen LogP contribution is 2.02. The molecule has 4 nitrogen and oxygen atoms in total. The molecule has 0 fully saturated rings. The normalized spacial score (nSPS) is 12.8. The van der Waals surface area contributed by atoms with Crippen molar-refractivity contribution in [2.24, 2.45) is 7.05 Å². The third-order valence-corrected chi connectivity index (χ3v) is 1.88. The van der Waals surface area contributed by atoms with Crippen molar-refractivity contribution in [3.63, 3.8) is 0 Å². The van der Waals surface area contributed by atoms with Crippen LogP contribution in [0.3, 0.4) is 0 Å². The summed E-state index contributed by atoms with van der Waals surface area (Å²) in [6.45, 7) is 1.49. The molecule has 0 saturated heterocycles. The van der Waals surface area contributed by atoms with Crippen LogP contribution in [0.2, 0.25) is 0 Å². The summed E-state index contributed by atoms with van der Waals surface area (Å²) in [7, 11) is 1.83. The SMILES string of the molecule is CC(O)C(=O)CCc1cnn(C)c1. The molecule has 0 amide bonds.